The molecule has 1 aromatic carbocycles. The van der Waals surface area contributed by atoms with Crippen molar-refractivity contribution in [3.05, 3.63) is 63.2 Å². The van der Waals surface area contributed by atoms with Crippen LogP contribution in [0.3, 0.4) is 0 Å². The highest BCUT2D eigenvalue weighted by molar-refractivity contribution is 9.10. The second-order valence-electron chi connectivity index (χ2n) is 5.33. The maximum atomic E-state index is 11.3. The maximum absolute atomic E-state index is 11.3. The van der Waals surface area contributed by atoms with Gasteiger partial charge in [0.05, 0.1) is 12.7 Å². The lowest BCUT2D eigenvalue weighted by Crippen LogP contribution is -2.46. The number of aliphatic hydroxyl groups is 1. The van der Waals surface area contributed by atoms with Crippen molar-refractivity contribution in [2.24, 2.45) is 5.11 Å². The lowest BCUT2D eigenvalue weighted by Gasteiger charge is -2.28. The van der Waals surface area contributed by atoms with Gasteiger partial charge in [0.25, 0.3) is 0 Å². The second kappa shape index (κ2) is 7.94. The van der Waals surface area contributed by atoms with E-state index in [4.69, 9.17) is 5.53 Å². The lowest BCUT2D eigenvalue weighted by atomic mass is 10.0. The molecule has 1 unspecified atom stereocenters. The fourth-order valence-electron chi connectivity index (χ4n) is 2.82. The highest BCUT2D eigenvalue weighted by Gasteiger charge is 2.50. The van der Waals surface area contributed by atoms with E-state index in [-0.39, 0.29) is 17.0 Å². The first kappa shape index (κ1) is 18.7. The van der Waals surface area contributed by atoms with Gasteiger partial charge in [0.1, 0.15) is 12.7 Å². The molecule has 0 saturated carbocycles. The SMILES string of the molecule is Br.[N-]=[N+]=NCCCN1c2nccc[n+]2CC1(O)c1ccc(Br)cc1. The summed E-state index contributed by atoms with van der Waals surface area (Å²) in [4.78, 5) is 9.02. The van der Waals surface area contributed by atoms with Crippen LogP contribution in [-0.4, -0.2) is 23.2 Å². The average molecular weight is 457 g/mol. The summed E-state index contributed by atoms with van der Waals surface area (Å²) in [7, 11) is 0. The molecule has 0 radical (unpaired) electrons. The Hall–Kier alpha value is -1.67. The van der Waals surface area contributed by atoms with E-state index in [1.807, 2.05) is 46.0 Å². The van der Waals surface area contributed by atoms with Gasteiger partial charge in [-0.25, -0.2) is 9.47 Å². The summed E-state index contributed by atoms with van der Waals surface area (Å²) in [5.41, 5.74) is 8.03. The van der Waals surface area contributed by atoms with E-state index in [2.05, 4.69) is 30.9 Å². The van der Waals surface area contributed by atoms with Crippen molar-refractivity contribution < 1.29 is 9.67 Å². The number of hydrogen-bond acceptors (Lipinski definition) is 4. The van der Waals surface area contributed by atoms with Crippen molar-refractivity contribution in [1.29, 1.82) is 0 Å². The zero-order valence-corrected chi connectivity index (χ0v) is 16.1. The van der Waals surface area contributed by atoms with Crippen LogP contribution in [0.15, 0.2) is 52.3 Å². The lowest BCUT2D eigenvalue weighted by molar-refractivity contribution is -0.685. The molecular weight excluding hydrogens is 440 g/mol. The third kappa shape index (κ3) is 3.54. The number of aromatic nitrogens is 2. The van der Waals surface area contributed by atoms with Gasteiger partial charge in [-0.2, -0.15) is 0 Å². The fraction of sp³-hybridized carbons (Fsp3) is 0.333. The van der Waals surface area contributed by atoms with E-state index < -0.39 is 5.72 Å². The quantitative estimate of drug-likeness (QED) is 0.246. The van der Waals surface area contributed by atoms with Gasteiger partial charge in [0.15, 0.2) is 0 Å². The number of benzene rings is 1. The minimum absolute atomic E-state index is 0. The first-order valence-corrected chi connectivity index (χ1v) is 8.06. The first-order valence-electron chi connectivity index (χ1n) is 7.26. The van der Waals surface area contributed by atoms with Crippen molar-refractivity contribution in [1.82, 2.24) is 4.98 Å². The van der Waals surface area contributed by atoms with Crippen molar-refractivity contribution >= 4 is 38.9 Å². The van der Waals surface area contributed by atoms with Gasteiger partial charge in [-0.1, -0.05) is 38.2 Å². The molecule has 0 saturated heterocycles. The number of halogens is 2. The first-order chi connectivity index (χ1) is 11.1. The summed E-state index contributed by atoms with van der Waals surface area (Å²) in [6.45, 7) is 1.33. The number of anilines is 1. The van der Waals surface area contributed by atoms with Crippen LogP contribution in [0.5, 0.6) is 0 Å². The summed E-state index contributed by atoms with van der Waals surface area (Å²) in [6.07, 6.45) is 4.25. The Morgan fingerprint density at radius 1 is 1.42 bits per heavy atom. The number of rotatable bonds is 5. The van der Waals surface area contributed by atoms with Crippen molar-refractivity contribution in [2.75, 3.05) is 18.0 Å². The van der Waals surface area contributed by atoms with Crippen molar-refractivity contribution in [3.8, 4) is 0 Å². The molecule has 0 fully saturated rings. The molecule has 1 aliphatic rings. The monoisotopic (exact) mass is 455 g/mol. The highest BCUT2D eigenvalue weighted by Crippen LogP contribution is 2.34. The van der Waals surface area contributed by atoms with Crippen LogP contribution in [0, 0.1) is 0 Å². The van der Waals surface area contributed by atoms with Gasteiger partial charge in [-0.3, -0.25) is 0 Å². The van der Waals surface area contributed by atoms with Crippen LogP contribution in [0.1, 0.15) is 12.0 Å². The largest absolute Gasteiger partial charge is 0.396 e. The topological polar surface area (TPSA) is 89.0 Å². The van der Waals surface area contributed by atoms with Crippen LogP contribution in [0.2, 0.25) is 0 Å². The standard InChI is InChI=1S/C15H16BrN6O.BrH/c16-13-5-3-12(4-6-13)15(23)11-21-9-1-7-18-14(21)22(15)10-2-8-19-20-17;/h1,3-7,9,23H,2,8,10-11H2;1H/q+1;. The Kier molecular flexibility index (Phi) is 6.17. The van der Waals surface area contributed by atoms with Gasteiger partial charge < -0.3 is 5.11 Å². The molecule has 0 spiro atoms. The van der Waals surface area contributed by atoms with Crippen LogP contribution >= 0.6 is 32.9 Å². The highest BCUT2D eigenvalue weighted by atomic mass is 79.9. The predicted molar refractivity (Wildman–Crippen MR) is 98.8 cm³/mol. The average Bonchev–Trinajstić information content (AvgIpc) is 2.85. The third-order valence-corrected chi connectivity index (χ3v) is 4.42. The summed E-state index contributed by atoms with van der Waals surface area (Å²) in [6, 6.07) is 9.46. The molecule has 1 aliphatic heterocycles. The van der Waals surface area contributed by atoms with Crippen LogP contribution < -0.4 is 9.47 Å². The van der Waals surface area contributed by atoms with Crippen molar-refractivity contribution in [2.45, 2.75) is 18.7 Å². The summed E-state index contributed by atoms with van der Waals surface area (Å²) in [5, 5.41) is 14.9. The molecule has 2 heterocycles. The van der Waals surface area contributed by atoms with E-state index >= 15 is 0 Å². The fourth-order valence-corrected chi connectivity index (χ4v) is 3.09. The van der Waals surface area contributed by atoms with Crippen LogP contribution in [0.25, 0.3) is 10.4 Å². The van der Waals surface area contributed by atoms with E-state index in [0.717, 1.165) is 10.0 Å². The minimum atomic E-state index is -1.17. The summed E-state index contributed by atoms with van der Waals surface area (Å²) < 4.78 is 2.89. The Balaban J connectivity index is 0.00000208. The number of azide groups is 1. The summed E-state index contributed by atoms with van der Waals surface area (Å²) >= 11 is 3.41. The van der Waals surface area contributed by atoms with Gasteiger partial charge in [-0.05, 0) is 24.1 Å². The third-order valence-electron chi connectivity index (χ3n) is 3.89. The second-order valence-corrected chi connectivity index (χ2v) is 6.25. The molecule has 0 amide bonds. The van der Waals surface area contributed by atoms with Gasteiger partial charge >= 0.3 is 5.95 Å². The molecule has 7 nitrogen and oxygen atoms in total. The number of nitrogens with zero attached hydrogens (tertiary/aromatic N) is 6. The molecule has 1 aromatic heterocycles. The molecule has 3 rings (SSSR count). The van der Waals surface area contributed by atoms with Crippen LogP contribution in [0.4, 0.5) is 5.95 Å². The minimum Gasteiger partial charge on any atom is -0.353 e. The van der Waals surface area contributed by atoms with E-state index in [0.29, 0.717) is 32.0 Å². The molecule has 126 valence electrons. The maximum Gasteiger partial charge on any atom is 0.396 e. The molecule has 2 aromatic rings. The smallest absolute Gasteiger partial charge is 0.353 e. The molecule has 1 atom stereocenters. The Labute approximate surface area is 158 Å². The van der Waals surface area contributed by atoms with E-state index in [9.17, 15) is 5.11 Å². The zero-order valence-electron chi connectivity index (χ0n) is 12.8. The van der Waals surface area contributed by atoms with E-state index in [1.165, 1.54) is 0 Å². The Morgan fingerprint density at radius 2 is 2.17 bits per heavy atom. The van der Waals surface area contributed by atoms with E-state index in [1.54, 1.807) is 6.20 Å². The van der Waals surface area contributed by atoms with Gasteiger partial charge in [-0.15, -0.1) is 17.0 Å². The molecule has 0 bridgehead atoms. The molecule has 0 aliphatic carbocycles. The number of hydrogen-bond donors (Lipinski definition) is 1. The Bertz CT molecular complexity index is 750. The molecular formula is C15H17Br2N6O+. The molecule has 9 heteroatoms. The predicted octanol–water partition coefficient (Wildman–Crippen LogP) is 3.08. The molecule has 1 N–H and O–H groups in total. The normalized spacial score (nSPS) is 18.5. The van der Waals surface area contributed by atoms with Crippen molar-refractivity contribution in [3.63, 3.8) is 0 Å². The van der Waals surface area contributed by atoms with Gasteiger partial charge in [0.2, 0.25) is 5.72 Å². The Morgan fingerprint density at radius 3 is 2.88 bits per heavy atom. The number of fused-ring (bicyclic) bond motifs is 1. The molecule has 24 heavy (non-hydrogen) atoms. The van der Waals surface area contributed by atoms with Crippen LogP contribution in [-0.2, 0) is 12.3 Å². The summed E-state index contributed by atoms with van der Waals surface area (Å²) in [5.74, 6) is 0.707. The zero-order chi connectivity index (χ0) is 16.3. The van der Waals surface area contributed by atoms with Gasteiger partial charge in [0, 0.05) is 27.6 Å².